The molecule has 7 unspecified atom stereocenters. The number of amides is 1. The highest BCUT2D eigenvalue weighted by Gasteiger charge is 2.44. The van der Waals surface area contributed by atoms with E-state index in [1.54, 1.807) is 6.08 Å². The number of rotatable bonds is 65. The van der Waals surface area contributed by atoms with Crippen molar-refractivity contribution in [3.05, 3.63) is 72.9 Å². The predicted molar refractivity (Wildman–Crippen MR) is 369 cm³/mol. The third kappa shape index (κ3) is 53.5. The van der Waals surface area contributed by atoms with Gasteiger partial charge < -0.3 is 40.3 Å². The summed E-state index contributed by atoms with van der Waals surface area (Å²) < 4.78 is 11.3. The van der Waals surface area contributed by atoms with E-state index in [4.69, 9.17) is 9.47 Å². The minimum absolute atomic E-state index is 0.188. The third-order valence-corrected chi connectivity index (χ3v) is 17.5. The first-order chi connectivity index (χ1) is 42.3. The topological polar surface area (TPSA) is 149 Å². The van der Waals surface area contributed by atoms with E-state index in [1.165, 1.54) is 276 Å². The van der Waals surface area contributed by atoms with Crippen molar-refractivity contribution >= 4 is 5.91 Å². The molecule has 1 saturated heterocycles. The first-order valence-electron chi connectivity index (χ1n) is 37.2. The number of nitrogens with one attached hydrogen (secondary N) is 1. The van der Waals surface area contributed by atoms with Crippen molar-refractivity contribution in [3.8, 4) is 0 Å². The van der Waals surface area contributed by atoms with E-state index in [0.717, 1.165) is 57.8 Å². The molecule has 0 spiro atoms. The van der Waals surface area contributed by atoms with Gasteiger partial charge in [0.25, 0.3) is 0 Å². The molecule has 1 aliphatic rings. The highest BCUT2D eigenvalue weighted by molar-refractivity contribution is 5.76. The summed E-state index contributed by atoms with van der Waals surface area (Å²) in [7, 11) is 0. The quantitative estimate of drug-likeness (QED) is 0.0261. The third-order valence-electron chi connectivity index (χ3n) is 17.5. The van der Waals surface area contributed by atoms with Gasteiger partial charge in [-0.2, -0.15) is 0 Å². The van der Waals surface area contributed by atoms with Gasteiger partial charge in [0.15, 0.2) is 6.29 Å². The van der Waals surface area contributed by atoms with Gasteiger partial charge in [-0.3, -0.25) is 4.79 Å². The summed E-state index contributed by atoms with van der Waals surface area (Å²) in [5.41, 5.74) is 0. The van der Waals surface area contributed by atoms with Gasteiger partial charge in [-0.1, -0.05) is 337 Å². The number of hydrogen-bond donors (Lipinski definition) is 6. The van der Waals surface area contributed by atoms with Crippen LogP contribution in [0, 0.1) is 0 Å². The van der Waals surface area contributed by atoms with Gasteiger partial charge in [-0.15, -0.1) is 0 Å². The van der Waals surface area contributed by atoms with E-state index in [0.29, 0.717) is 6.42 Å². The zero-order valence-electron chi connectivity index (χ0n) is 56.3. The number of allylic oxidation sites excluding steroid dienone is 11. The molecular weight excluding hydrogens is 1070 g/mol. The highest BCUT2D eigenvalue weighted by atomic mass is 16.7. The van der Waals surface area contributed by atoms with Crippen LogP contribution in [-0.4, -0.2) is 87.5 Å². The van der Waals surface area contributed by atoms with Crippen LogP contribution >= 0.6 is 0 Å². The van der Waals surface area contributed by atoms with Crippen LogP contribution in [0.5, 0.6) is 0 Å². The molecule has 0 radical (unpaired) electrons. The zero-order chi connectivity index (χ0) is 62.1. The molecule has 0 saturated carbocycles. The monoisotopic (exact) mass is 1210 g/mol. The van der Waals surface area contributed by atoms with E-state index in [1.807, 2.05) is 6.08 Å². The van der Waals surface area contributed by atoms with Gasteiger partial charge in [0.05, 0.1) is 25.4 Å². The number of aliphatic hydroxyl groups excluding tert-OH is 5. The van der Waals surface area contributed by atoms with Gasteiger partial charge in [0.2, 0.25) is 5.91 Å². The van der Waals surface area contributed by atoms with Crippen molar-refractivity contribution in [2.75, 3.05) is 13.2 Å². The van der Waals surface area contributed by atoms with Gasteiger partial charge in [0.1, 0.15) is 24.4 Å². The van der Waals surface area contributed by atoms with Crippen molar-refractivity contribution < 1.29 is 39.8 Å². The molecule has 9 nitrogen and oxygen atoms in total. The first-order valence-corrected chi connectivity index (χ1v) is 37.2. The molecule has 1 rings (SSSR count). The normalized spacial score (nSPS) is 18.4. The molecule has 0 aromatic rings. The van der Waals surface area contributed by atoms with E-state index in [-0.39, 0.29) is 12.5 Å². The van der Waals surface area contributed by atoms with E-state index in [2.05, 4.69) is 79.9 Å². The summed E-state index contributed by atoms with van der Waals surface area (Å²) in [6.07, 6.45) is 86.0. The summed E-state index contributed by atoms with van der Waals surface area (Å²) in [4.78, 5) is 13.1. The minimum Gasteiger partial charge on any atom is -0.394 e. The lowest BCUT2D eigenvalue weighted by Gasteiger charge is -2.40. The van der Waals surface area contributed by atoms with Crippen LogP contribution in [0.15, 0.2) is 72.9 Å². The molecule has 0 aromatic carbocycles. The van der Waals surface area contributed by atoms with Crippen molar-refractivity contribution in [1.29, 1.82) is 0 Å². The molecule has 7 atom stereocenters. The largest absolute Gasteiger partial charge is 0.394 e. The maximum atomic E-state index is 13.1. The summed E-state index contributed by atoms with van der Waals surface area (Å²) >= 11 is 0. The smallest absolute Gasteiger partial charge is 0.220 e. The summed E-state index contributed by atoms with van der Waals surface area (Å²) in [6, 6.07) is -0.833. The van der Waals surface area contributed by atoms with Crippen LogP contribution in [-0.2, 0) is 14.3 Å². The molecule has 1 amide bonds. The fraction of sp³-hybridized carbons (Fsp3) is 0.831. The van der Waals surface area contributed by atoms with Crippen LogP contribution < -0.4 is 5.32 Å². The maximum absolute atomic E-state index is 13.1. The lowest BCUT2D eigenvalue weighted by molar-refractivity contribution is -0.302. The van der Waals surface area contributed by atoms with Gasteiger partial charge in [-0.25, -0.2) is 0 Å². The Morgan fingerprint density at radius 3 is 1.06 bits per heavy atom. The fourth-order valence-electron chi connectivity index (χ4n) is 11.7. The Bertz CT molecular complexity index is 1590. The first kappa shape index (κ1) is 81.6. The van der Waals surface area contributed by atoms with E-state index < -0.39 is 49.5 Å². The predicted octanol–water partition coefficient (Wildman–Crippen LogP) is 20.7. The van der Waals surface area contributed by atoms with Crippen molar-refractivity contribution in [1.82, 2.24) is 5.32 Å². The van der Waals surface area contributed by atoms with Crippen LogP contribution in [0.2, 0.25) is 0 Å². The van der Waals surface area contributed by atoms with Crippen LogP contribution in [0.25, 0.3) is 0 Å². The molecular formula is C77H141NO8. The summed E-state index contributed by atoms with van der Waals surface area (Å²) in [5, 5.41) is 54.8. The number of carbonyl (C=O) groups is 1. The molecule has 1 heterocycles. The second kappa shape index (κ2) is 65.6. The maximum Gasteiger partial charge on any atom is 0.220 e. The Kier molecular flexibility index (Phi) is 62.3. The number of unbranched alkanes of at least 4 members (excludes halogenated alkanes) is 45. The Morgan fingerprint density at radius 2 is 0.698 bits per heavy atom. The van der Waals surface area contributed by atoms with Gasteiger partial charge in [0, 0.05) is 6.42 Å². The van der Waals surface area contributed by atoms with E-state index >= 15 is 0 Å². The van der Waals surface area contributed by atoms with Crippen molar-refractivity contribution in [3.63, 3.8) is 0 Å². The second-order valence-corrected chi connectivity index (χ2v) is 25.7. The lowest BCUT2D eigenvalue weighted by Crippen LogP contribution is -2.60. The fourth-order valence-corrected chi connectivity index (χ4v) is 11.7. The average Bonchev–Trinajstić information content (AvgIpc) is 3.59. The molecule has 9 heteroatoms. The minimum atomic E-state index is -1.58. The summed E-state index contributed by atoms with van der Waals surface area (Å²) in [6.45, 7) is 3.79. The Morgan fingerprint density at radius 1 is 0.395 bits per heavy atom. The van der Waals surface area contributed by atoms with Crippen molar-refractivity contribution in [2.45, 2.75) is 397 Å². The van der Waals surface area contributed by atoms with Crippen LogP contribution in [0.1, 0.15) is 354 Å². The highest BCUT2D eigenvalue weighted by Crippen LogP contribution is 2.23. The number of ether oxygens (including phenoxy) is 2. The Labute approximate surface area is 531 Å². The average molecular weight is 1210 g/mol. The molecule has 86 heavy (non-hydrogen) atoms. The van der Waals surface area contributed by atoms with Gasteiger partial charge in [-0.05, 0) is 83.5 Å². The molecule has 0 aromatic heterocycles. The van der Waals surface area contributed by atoms with E-state index in [9.17, 15) is 30.3 Å². The van der Waals surface area contributed by atoms with Crippen molar-refractivity contribution in [2.24, 2.45) is 0 Å². The van der Waals surface area contributed by atoms with Crippen LogP contribution in [0.4, 0.5) is 0 Å². The number of carbonyl (C=O) groups excluding carboxylic acids is 1. The molecule has 1 aliphatic heterocycles. The second-order valence-electron chi connectivity index (χ2n) is 25.7. The number of aliphatic hydroxyl groups is 5. The molecule has 502 valence electrons. The Balaban J connectivity index is 2.14. The van der Waals surface area contributed by atoms with Crippen LogP contribution in [0.3, 0.4) is 0 Å². The zero-order valence-corrected chi connectivity index (χ0v) is 56.3. The molecule has 0 aliphatic carbocycles. The summed E-state index contributed by atoms with van der Waals surface area (Å²) in [5.74, 6) is -0.188. The molecule has 1 fully saturated rings. The lowest BCUT2D eigenvalue weighted by atomic mass is 9.99. The SMILES string of the molecule is CCCCCCC/C=C\C/C=C\C/C=C\CCCCCCCCCCCCCCCCCCC(=O)NC(COC1OC(CO)C(O)C(O)C1O)C(O)/C=C/CC/C=C/CC/C=C/CCCCCCCCCCCCCCCCCCCCCCCC. The number of hydrogen-bond acceptors (Lipinski definition) is 8. The Hall–Kier alpha value is -2.37. The molecule has 0 bridgehead atoms. The molecule has 6 N–H and O–H groups in total. The standard InChI is InChI=1S/C77H141NO8/c1-3-5-7-9-11-13-15-17-19-21-23-25-27-29-31-33-35-37-38-40-42-44-46-48-50-52-54-56-58-60-62-64-66-71(80)70(69-85-77-76(84)75(83)74(82)72(68-79)86-77)78-73(81)67-65-63-61-59-57-55-53-51-49-47-45-43-41-39-36-34-32-30-28-26-24-22-20-18-16-14-12-10-8-6-4-2/h16,18,22,24,28,30,48,50,56,58,64,66,70-72,74-77,79-80,82-84H,3-15,17,19-21,23,25-27,29,31-47,49,51-55,57,59-63,65,67-69H2,1-2H3,(H,78,81)/b18-16-,24-22-,30-28-,50-48+,58-56+,66-64+. The van der Waals surface area contributed by atoms with Gasteiger partial charge >= 0.3 is 0 Å².